The molecule has 0 spiro atoms. The molecule has 4 heterocycles. The number of carbonyl (C=O) groups excluding carboxylic acids is 2. The van der Waals surface area contributed by atoms with Crippen LogP contribution in [0.4, 0.5) is 4.39 Å². The Kier molecular flexibility index (Phi) is 7.35. The number of carbonyl (C=O) groups is 2. The first-order valence-electron chi connectivity index (χ1n) is 13.4. The van der Waals surface area contributed by atoms with E-state index in [1.165, 1.54) is 28.4 Å². The zero-order chi connectivity index (χ0) is 27.8. The van der Waals surface area contributed by atoms with E-state index in [-0.39, 0.29) is 37.0 Å². The van der Waals surface area contributed by atoms with Gasteiger partial charge in [0.25, 0.3) is 0 Å². The number of hydrogen-bond donors (Lipinski definition) is 2. The van der Waals surface area contributed by atoms with Crippen molar-refractivity contribution in [3.8, 4) is 5.75 Å². The summed E-state index contributed by atoms with van der Waals surface area (Å²) in [6, 6.07) is 13.7. The second kappa shape index (κ2) is 11.1. The quantitative estimate of drug-likeness (QED) is 0.303. The Hall–Kier alpha value is -3.66. The van der Waals surface area contributed by atoms with Gasteiger partial charge in [0.05, 0.1) is 43.4 Å². The van der Waals surface area contributed by atoms with E-state index >= 15 is 0 Å². The van der Waals surface area contributed by atoms with E-state index in [2.05, 4.69) is 4.98 Å². The number of benzene rings is 1. The van der Waals surface area contributed by atoms with E-state index in [1.54, 1.807) is 12.3 Å². The van der Waals surface area contributed by atoms with Gasteiger partial charge in [-0.25, -0.2) is 4.39 Å². The van der Waals surface area contributed by atoms with Crippen LogP contribution in [-0.2, 0) is 20.9 Å². The van der Waals surface area contributed by atoms with Gasteiger partial charge in [0.15, 0.2) is 11.6 Å². The van der Waals surface area contributed by atoms with Gasteiger partial charge in [-0.05, 0) is 83.3 Å². The first kappa shape index (κ1) is 26.6. The van der Waals surface area contributed by atoms with Gasteiger partial charge in [0, 0.05) is 17.0 Å². The molecule has 2 saturated heterocycles. The Morgan fingerprint density at radius 1 is 1.15 bits per heavy atom. The third-order valence-corrected chi connectivity index (χ3v) is 9.03. The van der Waals surface area contributed by atoms with Crippen molar-refractivity contribution >= 4 is 34.8 Å². The zero-order valence-corrected chi connectivity index (χ0v) is 22.5. The summed E-state index contributed by atoms with van der Waals surface area (Å²) in [6.07, 6.45) is 4.69. The van der Waals surface area contributed by atoms with Crippen LogP contribution >= 0.6 is 11.3 Å². The Morgan fingerprint density at radius 3 is 2.75 bits per heavy atom. The van der Waals surface area contributed by atoms with Crippen LogP contribution < -0.4 is 0 Å². The lowest BCUT2D eigenvalue weighted by molar-refractivity contribution is -0.140. The zero-order valence-electron chi connectivity index (χ0n) is 21.7. The summed E-state index contributed by atoms with van der Waals surface area (Å²) in [6.45, 7) is 0.415. The number of phenolic OH excluding ortho intramolecular Hbond substituents is 1. The SMILES string of the molecule is O=C1[C@@H]2[C@@H](CC(CO)=C3[C@@H](CC/C(=C/c4ccc(O)c(F)c4)c4ccccn4)OC[C@@H]32)C(=O)N1Cc1cccs1. The molecule has 40 heavy (non-hydrogen) atoms. The molecule has 2 N–H and O–H groups in total. The standard InChI is InChI=1S/C31H29FN2O5S/c32-24-13-18(6-8-26(24)36)12-19(25-5-1-2-10-33-25)7-9-27-28-20(16-35)14-22-29(23(28)17-39-27)31(38)34(30(22)37)15-21-4-3-11-40-21/h1-6,8,10-13,22-23,27,29,35-36H,7,9,14-17H2/b19-12-/t22-,23+,27-,29-/m1/s1. The van der Waals surface area contributed by atoms with Crippen LogP contribution in [0.2, 0.25) is 0 Å². The predicted octanol–water partition coefficient (Wildman–Crippen LogP) is 4.82. The van der Waals surface area contributed by atoms with E-state index in [0.717, 1.165) is 27.3 Å². The van der Waals surface area contributed by atoms with Crippen molar-refractivity contribution in [1.29, 1.82) is 0 Å². The van der Waals surface area contributed by atoms with Gasteiger partial charge < -0.3 is 14.9 Å². The van der Waals surface area contributed by atoms with Gasteiger partial charge in [-0.3, -0.25) is 19.5 Å². The molecule has 4 atom stereocenters. The van der Waals surface area contributed by atoms with Crippen LogP contribution in [0.5, 0.6) is 5.75 Å². The fourth-order valence-corrected chi connectivity index (χ4v) is 7.02. The molecule has 206 valence electrons. The Bertz CT molecular complexity index is 1490. The molecule has 2 aromatic heterocycles. The van der Waals surface area contributed by atoms with Crippen LogP contribution in [0.3, 0.4) is 0 Å². The van der Waals surface area contributed by atoms with Gasteiger partial charge in [0.2, 0.25) is 11.8 Å². The molecular formula is C31H29FN2O5S. The highest BCUT2D eigenvalue weighted by Gasteiger charge is 2.56. The number of nitrogens with zero attached hydrogens (tertiary/aromatic N) is 2. The molecule has 3 aliphatic rings. The molecule has 7 nitrogen and oxygen atoms in total. The summed E-state index contributed by atoms with van der Waals surface area (Å²) in [5.41, 5.74) is 3.94. The highest BCUT2D eigenvalue weighted by Crippen LogP contribution is 2.50. The number of halogens is 1. The number of ether oxygens (including phenoxy) is 1. The molecule has 2 fully saturated rings. The summed E-state index contributed by atoms with van der Waals surface area (Å²) in [7, 11) is 0. The van der Waals surface area contributed by atoms with E-state index in [9.17, 15) is 24.2 Å². The van der Waals surface area contributed by atoms with E-state index < -0.39 is 23.4 Å². The lowest BCUT2D eigenvalue weighted by Gasteiger charge is -2.31. The number of allylic oxidation sites excluding steroid dienone is 1. The topological polar surface area (TPSA) is 100.0 Å². The van der Waals surface area contributed by atoms with Gasteiger partial charge in [-0.2, -0.15) is 0 Å². The Labute approximate surface area is 235 Å². The highest BCUT2D eigenvalue weighted by molar-refractivity contribution is 7.09. The largest absolute Gasteiger partial charge is 0.505 e. The first-order chi connectivity index (χ1) is 19.4. The van der Waals surface area contributed by atoms with E-state index in [4.69, 9.17) is 4.74 Å². The van der Waals surface area contributed by atoms with E-state index in [0.29, 0.717) is 31.4 Å². The fourth-order valence-electron chi connectivity index (χ4n) is 6.33. The molecule has 0 radical (unpaired) electrons. The van der Waals surface area contributed by atoms with Crippen LogP contribution in [0.15, 0.2) is 71.3 Å². The summed E-state index contributed by atoms with van der Waals surface area (Å²) < 4.78 is 20.3. The molecule has 2 aliphatic heterocycles. The molecule has 2 amide bonds. The van der Waals surface area contributed by atoms with Crippen LogP contribution in [0, 0.1) is 23.6 Å². The number of aromatic nitrogens is 1. The number of imide groups is 1. The van der Waals surface area contributed by atoms with Gasteiger partial charge in [-0.1, -0.05) is 18.2 Å². The number of aromatic hydroxyl groups is 1. The van der Waals surface area contributed by atoms with Crippen molar-refractivity contribution in [3.05, 3.63) is 93.2 Å². The van der Waals surface area contributed by atoms with Crippen molar-refractivity contribution in [3.63, 3.8) is 0 Å². The number of amides is 2. The highest BCUT2D eigenvalue weighted by atomic mass is 32.1. The Balaban J connectivity index is 1.25. The third kappa shape index (κ3) is 4.89. The first-order valence-corrected chi connectivity index (χ1v) is 14.2. The maximum Gasteiger partial charge on any atom is 0.234 e. The third-order valence-electron chi connectivity index (χ3n) is 8.17. The molecule has 3 aromatic rings. The van der Waals surface area contributed by atoms with Crippen molar-refractivity contribution in [1.82, 2.24) is 9.88 Å². The average Bonchev–Trinajstić information content (AvgIpc) is 3.69. The molecular weight excluding hydrogens is 531 g/mol. The van der Waals surface area contributed by atoms with Gasteiger partial charge >= 0.3 is 0 Å². The Morgan fingerprint density at radius 2 is 2.02 bits per heavy atom. The lowest BCUT2D eigenvalue weighted by atomic mass is 9.69. The molecule has 9 heteroatoms. The number of rotatable bonds is 8. The maximum absolute atomic E-state index is 14.0. The predicted molar refractivity (Wildman–Crippen MR) is 148 cm³/mol. The van der Waals surface area contributed by atoms with Crippen LogP contribution in [-0.4, -0.2) is 51.2 Å². The summed E-state index contributed by atoms with van der Waals surface area (Å²) in [5, 5.41) is 21.8. The van der Waals surface area contributed by atoms with Crippen molar-refractivity contribution in [2.75, 3.05) is 13.2 Å². The molecule has 0 bridgehead atoms. The number of pyridine rings is 1. The minimum atomic E-state index is -0.700. The second-order valence-corrected chi connectivity index (χ2v) is 11.5. The fraction of sp³-hybridized carbons (Fsp3) is 0.323. The molecule has 0 unspecified atom stereocenters. The number of phenols is 1. The number of thiophene rings is 1. The molecule has 1 aliphatic carbocycles. The molecule has 1 aromatic carbocycles. The number of likely N-dealkylation sites (tertiary alicyclic amines) is 1. The second-order valence-electron chi connectivity index (χ2n) is 10.5. The van der Waals surface area contributed by atoms with Crippen molar-refractivity contribution < 1.29 is 28.9 Å². The number of aliphatic hydroxyl groups is 1. The monoisotopic (exact) mass is 560 g/mol. The maximum atomic E-state index is 14.0. The van der Waals surface area contributed by atoms with Gasteiger partial charge in [-0.15, -0.1) is 11.3 Å². The smallest absolute Gasteiger partial charge is 0.234 e. The van der Waals surface area contributed by atoms with E-state index in [1.807, 2.05) is 41.8 Å². The number of aliphatic hydroxyl groups excluding tert-OH is 1. The average molecular weight is 561 g/mol. The van der Waals surface area contributed by atoms with Crippen LogP contribution in [0.25, 0.3) is 11.6 Å². The minimum Gasteiger partial charge on any atom is -0.505 e. The van der Waals surface area contributed by atoms with Crippen molar-refractivity contribution in [2.24, 2.45) is 17.8 Å². The van der Waals surface area contributed by atoms with Crippen LogP contribution in [0.1, 0.15) is 35.4 Å². The molecule has 0 saturated carbocycles. The summed E-state index contributed by atoms with van der Waals surface area (Å²) in [4.78, 5) is 33.7. The normalized spacial score (nSPS) is 24.6. The lowest BCUT2D eigenvalue weighted by Crippen LogP contribution is -2.34. The summed E-state index contributed by atoms with van der Waals surface area (Å²) >= 11 is 1.52. The van der Waals surface area contributed by atoms with Gasteiger partial charge in [0.1, 0.15) is 0 Å². The molecule has 6 rings (SSSR count). The van der Waals surface area contributed by atoms with Crippen molar-refractivity contribution in [2.45, 2.75) is 31.9 Å². The number of fused-ring (bicyclic) bond motifs is 3. The minimum absolute atomic E-state index is 0.157. The number of hydrogen-bond acceptors (Lipinski definition) is 7. The summed E-state index contributed by atoms with van der Waals surface area (Å²) in [5.74, 6) is -2.63.